The number of alkyl halides is 3. The van der Waals surface area contributed by atoms with Gasteiger partial charge in [0.15, 0.2) is 28.8 Å². The van der Waals surface area contributed by atoms with E-state index in [1.54, 1.807) is 0 Å². The molecule has 0 saturated heterocycles. The van der Waals surface area contributed by atoms with E-state index in [4.69, 9.17) is 16.3 Å². The third kappa shape index (κ3) is 3.64. The van der Waals surface area contributed by atoms with E-state index < -0.39 is 57.3 Å². The van der Waals surface area contributed by atoms with E-state index in [9.17, 15) is 26.7 Å². The van der Waals surface area contributed by atoms with Crippen molar-refractivity contribution in [1.82, 2.24) is 4.98 Å². The second-order valence-electron chi connectivity index (χ2n) is 4.65. The smallest absolute Gasteiger partial charge is 0.437 e. The number of hydrogen-bond acceptors (Lipinski definition) is 5. The van der Waals surface area contributed by atoms with Crippen molar-refractivity contribution in [3.63, 3.8) is 0 Å². The van der Waals surface area contributed by atoms with Gasteiger partial charge in [-0.15, -0.1) is 0 Å². The summed E-state index contributed by atoms with van der Waals surface area (Å²) >= 11 is 5.35. The summed E-state index contributed by atoms with van der Waals surface area (Å²) in [6, 6.07) is 1.65. The lowest BCUT2D eigenvalue weighted by atomic mass is 10.2. The molecule has 1 aromatic heterocycles. The molecule has 140 valence electrons. The van der Waals surface area contributed by atoms with Gasteiger partial charge in [-0.2, -0.15) is 17.6 Å². The largest absolute Gasteiger partial charge is 0.494 e. The van der Waals surface area contributed by atoms with E-state index >= 15 is 0 Å². The minimum absolute atomic E-state index is 0.422. The molecule has 0 N–H and O–H groups in total. The van der Waals surface area contributed by atoms with Gasteiger partial charge >= 0.3 is 6.18 Å². The number of benzene rings is 1. The van der Waals surface area contributed by atoms with E-state index in [2.05, 4.69) is 14.5 Å². The molecule has 0 unspecified atom stereocenters. The van der Waals surface area contributed by atoms with Crippen LogP contribution in [0.25, 0.3) is 0 Å². The Balaban J connectivity index is 2.65. The molecule has 0 aliphatic rings. The predicted octanol–water partition coefficient (Wildman–Crippen LogP) is 4.57. The van der Waals surface area contributed by atoms with E-state index in [-0.39, 0.29) is 0 Å². The van der Waals surface area contributed by atoms with E-state index in [1.165, 1.54) is 0 Å². The first-order valence-corrected chi connectivity index (χ1v) is 7.03. The molecule has 2 aromatic rings. The van der Waals surface area contributed by atoms with Gasteiger partial charge < -0.3 is 14.2 Å². The van der Waals surface area contributed by atoms with Crippen LogP contribution in [0, 0.1) is 11.6 Å². The van der Waals surface area contributed by atoms with Crippen LogP contribution in [0.3, 0.4) is 0 Å². The van der Waals surface area contributed by atoms with Gasteiger partial charge in [-0.3, -0.25) is 4.79 Å². The van der Waals surface area contributed by atoms with Gasteiger partial charge in [0.1, 0.15) is 5.56 Å². The van der Waals surface area contributed by atoms with Gasteiger partial charge in [0.25, 0.3) is 5.24 Å². The van der Waals surface area contributed by atoms with Crippen LogP contribution >= 0.6 is 11.6 Å². The van der Waals surface area contributed by atoms with Gasteiger partial charge in [0.2, 0.25) is 11.6 Å². The number of carbonyl (C=O) groups is 1. The molecule has 1 aromatic carbocycles. The number of hydrogen-bond donors (Lipinski definition) is 0. The standard InChI is InChI=1S/C15H9ClF5NO4/c1-24-11-7(4-3-6(17)10(11)18)26-8-5-22-13(15(19,20)21)12(25-2)9(8)14(16)23/h3-5H,1-2H3. The molecule has 0 radical (unpaired) electrons. The van der Waals surface area contributed by atoms with E-state index in [0.717, 1.165) is 20.3 Å². The molecule has 26 heavy (non-hydrogen) atoms. The Morgan fingerprint density at radius 1 is 1.08 bits per heavy atom. The molecular formula is C15H9ClF5NO4. The van der Waals surface area contributed by atoms with Crippen LogP contribution < -0.4 is 14.2 Å². The van der Waals surface area contributed by atoms with Gasteiger partial charge in [0, 0.05) is 0 Å². The summed E-state index contributed by atoms with van der Waals surface area (Å²) in [7, 11) is 1.89. The molecule has 1 heterocycles. The van der Waals surface area contributed by atoms with Crippen molar-refractivity contribution in [1.29, 1.82) is 0 Å². The topological polar surface area (TPSA) is 57.6 Å². The molecule has 0 bridgehead atoms. The number of methoxy groups -OCH3 is 2. The van der Waals surface area contributed by atoms with Gasteiger partial charge in [-0.05, 0) is 23.7 Å². The summed E-state index contributed by atoms with van der Waals surface area (Å²) in [6.07, 6.45) is -4.38. The minimum atomic E-state index is -4.94. The Morgan fingerprint density at radius 2 is 1.69 bits per heavy atom. The number of rotatable bonds is 5. The average molecular weight is 398 g/mol. The zero-order valence-electron chi connectivity index (χ0n) is 13.1. The number of carbonyl (C=O) groups excluding carboxylic acids is 1. The van der Waals surface area contributed by atoms with Crippen LogP contribution in [-0.2, 0) is 6.18 Å². The van der Waals surface area contributed by atoms with Crippen molar-refractivity contribution >= 4 is 16.8 Å². The molecule has 0 aliphatic carbocycles. The fraction of sp³-hybridized carbons (Fsp3) is 0.200. The summed E-state index contributed by atoms with van der Waals surface area (Å²) in [5.74, 6) is -5.27. The normalized spacial score (nSPS) is 11.2. The highest BCUT2D eigenvalue weighted by Gasteiger charge is 2.39. The quantitative estimate of drug-likeness (QED) is 0.546. The Labute approximate surface area is 148 Å². The molecule has 0 atom stereocenters. The van der Waals surface area contributed by atoms with Crippen molar-refractivity contribution in [2.45, 2.75) is 6.18 Å². The lowest BCUT2D eigenvalue weighted by molar-refractivity contribution is -0.142. The first-order valence-electron chi connectivity index (χ1n) is 6.65. The zero-order chi connectivity index (χ0) is 19.6. The molecule has 0 aliphatic heterocycles. The summed E-state index contributed by atoms with van der Waals surface area (Å²) in [4.78, 5) is 14.8. The summed E-state index contributed by atoms with van der Waals surface area (Å²) in [6.45, 7) is 0. The SMILES string of the molecule is COc1c(Oc2cnc(C(F)(F)F)c(OC)c2C(=O)Cl)ccc(F)c1F. The summed E-state index contributed by atoms with van der Waals surface area (Å²) in [5, 5.41) is -1.34. The molecule has 11 heteroatoms. The molecule has 0 fully saturated rings. The molecule has 5 nitrogen and oxygen atoms in total. The molecule has 0 saturated carbocycles. The Kier molecular flexibility index (Phi) is 5.55. The predicted molar refractivity (Wildman–Crippen MR) is 79.0 cm³/mol. The molecule has 0 amide bonds. The molecular weight excluding hydrogens is 389 g/mol. The first kappa shape index (κ1) is 19.7. The number of ether oxygens (including phenoxy) is 3. The van der Waals surface area contributed by atoms with Crippen LogP contribution in [-0.4, -0.2) is 24.4 Å². The van der Waals surface area contributed by atoms with Crippen LogP contribution in [0.4, 0.5) is 22.0 Å². The average Bonchev–Trinajstić information content (AvgIpc) is 2.56. The molecule has 0 spiro atoms. The number of halogens is 6. The number of nitrogens with zero attached hydrogens (tertiary/aromatic N) is 1. The Hall–Kier alpha value is -2.62. The Bertz CT molecular complexity index is 857. The number of aromatic nitrogens is 1. The lowest BCUT2D eigenvalue weighted by Gasteiger charge is -2.17. The maximum absolute atomic E-state index is 13.7. The van der Waals surface area contributed by atoms with Crippen molar-refractivity contribution in [2.75, 3.05) is 14.2 Å². The van der Waals surface area contributed by atoms with Crippen molar-refractivity contribution in [2.24, 2.45) is 0 Å². The maximum atomic E-state index is 13.7. The van der Waals surface area contributed by atoms with Crippen LogP contribution in [0.5, 0.6) is 23.0 Å². The lowest BCUT2D eigenvalue weighted by Crippen LogP contribution is -2.13. The van der Waals surface area contributed by atoms with Crippen LogP contribution in [0.2, 0.25) is 0 Å². The highest BCUT2D eigenvalue weighted by Crippen LogP contribution is 2.43. The zero-order valence-corrected chi connectivity index (χ0v) is 13.8. The van der Waals surface area contributed by atoms with Gasteiger partial charge in [-0.25, -0.2) is 9.37 Å². The third-order valence-electron chi connectivity index (χ3n) is 3.11. The van der Waals surface area contributed by atoms with Crippen LogP contribution in [0.1, 0.15) is 16.1 Å². The summed E-state index contributed by atoms with van der Waals surface area (Å²) in [5.41, 5.74) is -2.29. The highest BCUT2D eigenvalue weighted by atomic mass is 35.5. The third-order valence-corrected chi connectivity index (χ3v) is 3.30. The fourth-order valence-corrected chi connectivity index (χ4v) is 2.22. The monoisotopic (exact) mass is 397 g/mol. The maximum Gasteiger partial charge on any atom is 0.437 e. The second-order valence-corrected chi connectivity index (χ2v) is 4.99. The van der Waals surface area contributed by atoms with Gasteiger partial charge in [0.05, 0.1) is 20.4 Å². The van der Waals surface area contributed by atoms with E-state index in [0.29, 0.717) is 12.3 Å². The number of pyridine rings is 1. The van der Waals surface area contributed by atoms with Crippen LogP contribution in [0.15, 0.2) is 18.3 Å². The van der Waals surface area contributed by atoms with Crippen molar-refractivity contribution in [3.8, 4) is 23.0 Å². The highest BCUT2D eigenvalue weighted by molar-refractivity contribution is 6.68. The first-order chi connectivity index (χ1) is 12.1. The van der Waals surface area contributed by atoms with E-state index in [1.807, 2.05) is 0 Å². The van der Waals surface area contributed by atoms with Gasteiger partial charge in [-0.1, -0.05) is 0 Å². The van der Waals surface area contributed by atoms with Crippen molar-refractivity contribution in [3.05, 3.63) is 41.2 Å². The minimum Gasteiger partial charge on any atom is -0.494 e. The fourth-order valence-electron chi connectivity index (χ4n) is 2.04. The van der Waals surface area contributed by atoms with Crippen molar-refractivity contribution < 1.29 is 41.0 Å². The molecule has 2 rings (SSSR count). The second kappa shape index (κ2) is 7.32. The Morgan fingerprint density at radius 3 is 2.19 bits per heavy atom. The summed E-state index contributed by atoms with van der Waals surface area (Å²) < 4.78 is 80.5.